The van der Waals surface area contributed by atoms with Crippen molar-refractivity contribution in [1.82, 2.24) is 15.5 Å². The van der Waals surface area contributed by atoms with Gasteiger partial charge in [-0.2, -0.15) is 5.10 Å². The number of aromatic nitrogens is 2. The Hall–Kier alpha value is -1.46. The van der Waals surface area contributed by atoms with E-state index < -0.39 is 18.9 Å². The molecule has 66 valence electrons. The fourth-order valence-electron chi connectivity index (χ4n) is 0.647. The second-order valence-electron chi connectivity index (χ2n) is 2.06. The molecule has 2 N–H and O–H groups in total. The highest BCUT2D eigenvalue weighted by Gasteiger charge is 2.09. The number of amides is 1. The van der Waals surface area contributed by atoms with Crippen molar-refractivity contribution in [1.29, 1.82) is 0 Å². The first-order valence-electron chi connectivity index (χ1n) is 3.26. The monoisotopic (exact) mass is 175 g/mol. The summed E-state index contributed by atoms with van der Waals surface area (Å²) in [4.78, 5) is 10.9. The molecule has 0 radical (unpaired) electrons. The van der Waals surface area contributed by atoms with Crippen LogP contribution in [0.5, 0.6) is 0 Å². The van der Waals surface area contributed by atoms with E-state index in [1.165, 1.54) is 12.3 Å². The van der Waals surface area contributed by atoms with Crippen LogP contribution in [0, 0.1) is 0 Å². The molecule has 1 heterocycles. The molecule has 0 aliphatic carbocycles. The molecule has 1 rings (SSSR count). The lowest BCUT2D eigenvalue weighted by molar-refractivity contribution is 0.0887. The van der Waals surface area contributed by atoms with E-state index in [1.807, 2.05) is 5.32 Å². The van der Waals surface area contributed by atoms with E-state index >= 15 is 0 Å². The van der Waals surface area contributed by atoms with Gasteiger partial charge in [-0.25, -0.2) is 8.78 Å². The molecule has 0 fully saturated rings. The summed E-state index contributed by atoms with van der Waals surface area (Å²) >= 11 is 0. The number of nitrogens with zero attached hydrogens (tertiary/aromatic N) is 1. The molecule has 12 heavy (non-hydrogen) atoms. The minimum Gasteiger partial charge on any atom is -0.345 e. The highest BCUT2D eigenvalue weighted by molar-refractivity contribution is 5.92. The second kappa shape index (κ2) is 3.80. The number of nitrogens with one attached hydrogen (secondary N) is 2. The second-order valence-corrected chi connectivity index (χ2v) is 2.06. The van der Waals surface area contributed by atoms with Crippen molar-refractivity contribution in [2.45, 2.75) is 6.43 Å². The normalized spacial score (nSPS) is 10.2. The number of rotatable bonds is 3. The molecule has 0 saturated carbocycles. The summed E-state index contributed by atoms with van der Waals surface area (Å²) in [6.07, 6.45) is -1.09. The zero-order valence-corrected chi connectivity index (χ0v) is 6.05. The summed E-state index contributed by atoms with van der Waals surface area (Å²) in [5, 5.41) is 7.93. The SMILES string of the molecule is O=C(NCC(F)F)c1cc[nH]n1. The molecule has 0 aliphatic heterocycles. The molecule has 6 heteroatoms. The highest BCUT2D eigenvalue weighted by Crippen LogP contribution is 1.92. The molecule has 0 spiro atoms. The van der Waals surface area contributed by atoms with E-state index in [4.69, 9.17) is 0 Å². The molecule has 0 bridgehead atoms. The van der Waals surface area contributed by atoms with Crippen LogP contribution in [0.15, 0.2) is 12.3 Å². The van der Waals surface area contributed by atoms with Crippen LogP contribution in [-0.2, 0) is 0 Å². The molecule has 0 unspecified atom stereocenters. The van der Waals surface area contributed by atoms with Gasteiger partial charge in [0.15, 0.2) is 0 Å². The van der Waals surface area contributed by atoms with Gasteiger partial charge in [0.25, 0.3) is 12.3 Å². The Morgan fingerprint density at radius 2 is 2.50 bits per heavy atom. The lowest BCUT2D eigenvalue weighted by Crippen LogP contribution is -2.28. The van der Waals surface area contributed by atoms with Crippen molar-refractivity contribution in [3.05, 3.63) is 18.0 Å². The molecular weight excluding hydrogens is 168 g/mol. The van der Waals surface area contributed by atoms with Crippen molar-refractivity contribution < 1.29 is 13.6 Å². The standard InChI is InChI=1S/C6H7F2N3O/c7-5(8)3-9-6(12)4-1-2-10-11-4/h1-2,5H,3H2,(H,9,12)(H,10,11). The van der Waals surface area contributed by atoms with Crippen LogP contribution in [0.2, 0.25) is 0 Å². The summed E-state index contributed by atoms with van der Waals surface area (Å²) in [7, 11) is 0. The third-order valence-electron chi connectivity index (χ3n) is 1.15. The summed E-state index contributed by atoms with van der Waals surface area (Å²) in [5.41, 5.74) is 0.107. The Bertz CT molecular complexity index is 247. The van der Waals surface area contributed by atoms with E-state index in [0.717, 1.165) is 0 Å². The van der Waals surface area contributed by atoms with E-state index in [9.17, 15) is 13.6 Å². The predicted molar refractivity (Wildman–Crippen MR) is 36.9 cm³/mol. The summed E-state index contributed by atoms with van der Waals surface area (Å²) < 4.78 is 23.2. The van der Waals surface area contributed by atoms with Crippen molar-refractivity contribution in [2.75, 3.05) is 6.54 Å². The van der Waals surface area contributed by atoms with Crippen molar-refractivity contribution in [2.24, 2.45) is 0 Å². The van der Waals surface area contributed by atoms with Crippen LogP contribution in [0.4, 0.5) is 8.78 Å². The maximum absolute atomic E-state index is 11.6. The third kappa shape index (κ3) is 2.30. The number of hydrogen-bond acceptors (Lipinski definition) is 2. The predicted octanol–water partition coefficient (Wildman–Crippen LogP) is 0.405. The number of aromatic amines is 1. The number of halogens is 2. The first-order chi connectivity index (χ1) is 5.70. The molecule has 1 aromatic rings. The zero-order chi connectivity index (χ0) is 8.97. The fraction of sp³-hybridized carbons (Fsp3) is 0.333. The third-order valence-corrected chi connectivity index (χ3v) is 1.15. The van der Waals surface area contributed by atoms with Crippen LogP contribution in [0.3, 0.4) is 0 Å². The topological polar surface area (TPSA) is 57.8 Å². The molecule has 1 aromatic heterocycles. The Kier molecular flexibility index (Phi) is 2.73. The highest BCUT2D eigenvalue weighted by atomic mass is 19.3. The lowest BCUT2D eigenvalue weighted by Gasteiger charge is -2.00. The van der Waals surface area contributed by atoms with E-state index in [0.29, 0.717) is 0 Å². The molecule has 0 atom stereocenters. The molecule has 1 amide bonds. The minimum absolute atomic E-state index is 0.107. The zero-order valence-electron chi connectivity index (χ0n) is 6.05. The van der Waals surface area contributed by atoms with Gasteiger partial charge in [-0.3, -0.25) is 9.89 Å². The molecule has 0 aromatic carbocycles. The van der Waals surface area contributed by atoms with Gasteiger partial charge in [-0.1, -0.05) is 0 Å². The van der Waals surface area contributed by atoms with Gasteiger partial charge in [-0.05, 0) is 6.07 Å². The molecule has 4 nitrogen and oxygen atoms in total. The summed E-state index contributed by atoms with van der Waals surface area (Å²) in [5.74, 6) is -0.600. The molecule has 0 aliphatic rings. The van der Waals surface area contributed by atoms with Gasteiger partial charge >= 0.3 is 0 Å². The first kappa shape index (κ1) is 8.63. The van der Waals surface area contributed by atoms with Gasteiger partial charge in [-0.15, -0.1) is 0 Å². The van der Waals surface area contributed by atoms with Crippen molar-refractivity contribution in [3.8, 4) is 0 Å². The van der Waals surface area contributed by atoms with Crippen LogP contribution in [-0.4, -0.2) is 29.1 Å². The smallest absolute Gasteiger partial charge is 0.271 e. The maximum atomic E-state index is 11.6. The first-order valence-corrected chi connectivity index (χ1v) is 3.26. The molecular formula is C6H7F2N3O. The summed E-state index contributed by atoms with van der Waals surface area (Å²) in [6.45, 7) is -0.647. The van der Waals surface area contributed by atoms with E-state index in [1.54, 1.807) is 0 Å². The van der Waals surface area contributed by atoms with Crippen LogP contribution >= 0.6 is 0 Å². The van der Waals surface area contributed by atoms with Crippen molar-refractivity contribution >= 4 is 5.91 Å². The van der Waals surface area contributed by atoms with Gasteiger partial charge in [0, 0.05) is 6.20 Å². The lowest BCUT2D eigenvalue weighted by atomic mass is 10.4. The Morgan fingerprint density at radius 1 is 1.75 bits per heavy atom. The Morgan fingerprint density at radius 3 is 3.00 bits per heavy atom. The summed E-state index contributed by atoms with van der Waals surface area (Å²) in [6, 6.07) is 1.40. The molecule has 0 saturated heterocycles. The van der Waals surface area contributed by atoms with Gasteiger partial charge in [0.1, 0.15) is 5.69 Å². The van der Waals surface area contributed by atoms with E-state index in [2.05, 4.69) is 10.2 Å². The van der Waals surface area contributed by atoms with Crippen LogP contribution in [0.25, 0.3) is 0 Å². The average Bonchev–Trinajstić information content (AvgIpc) is 2.51. The van der Waals surface area contributed by atoms with Crippen LogP contribution < -0.4 is 5.32 Å². The fourth-order valence-corrected chi connectivity index (χ4v) is 0.647. The number of carbonyl (C=O) groups excluding carboxylic acids is 1. The minimum atomic E-state index is -2.53. The number of carbonyl (C=O) groups is 1. The number of alkyl halides is 2. The number of H-pyrrole nitrogens is 1. The Balaban J connectivity index is 2.40. The number of hydrogen-bond donors (Lipinski definition) is 2. The van der Waals surface area contributed by atoms with E-state index in [-0.39, 0.29) is 5.69 Å². The quantitative estimate of drug-likeness (QED) is 0.698. The Labute approximate surface area is 67.0 Å². The maximum Gasteiger partial charge on any atom is 0.271 e. The van der Waals surface area contributed by atoms with Gasteiger partial charge in [0.2, 0.25) is 0 Å². The average molecular weight is 175 g/mol. The van der Waals surface area contributed by atoms with Gasteiger partial charge in [0.05, 0.1) is 6.54 Å². The van der Waals surface area contributed by atoms with Crippen LogP contribution in [0.1, 0.15) is 10.5 Å². The van der Waals surface area contributed by atoms with Crippen molar-refractivity contribution in [3.63, 3.8) is 0 Å². The largest absolute Gasteiger partial charge is 0.345 e. The van der Waals surface area contributed by atoms with Gasteiger partial charge < -0.3 is 5.32 Å².